The standard InChI is InChI=1S/C6H5F3O/c1-4-5(2-3-10-4)6(7,8)9/h2-3H,1H3. The van der Waals surface area contributed by atoms with Gasteiger partial charge in [0.05, 0.1) is 11.8 Å². The van der Waals surface area contributed by atoms with E-state index in [0.29, 0.717) is 0 Å². The first-order valence-electron chi connectivity index (χ1n) is 2.63. The highest BCUT2D eigenvalue weighted by atomic mass is 19.4. The molecule has 0 bridgehead atoms. The summed E-state index contributed by atoms with van der Waals surface area (Å²) < 4.78 is 39.9. The minimum Gasteiger partial charge on any atom is -0.469 e. The van der Waals surface area contributed by atoms with Crippen LogP contribution < -0.4 is 0 Å². The van der Waals surface area contributed by atoms with E-state index < -0.39 is 11.7 Å². The second-order valence-electron chi connectivity index (χ2n) is 1.89. The van der Waals surface area contributed by atoms with E-state index in [-0.39, 0.29) is 5.76 Å². The topological polar surface area (TPSA) is 13.1 Å². The normalized spacial score (nSPS) is 12.0. The molecule has 0 spiro atoms. The molecule has 0 N–H and O–H groups in total. The van der Waals surface area contributed by atoms with Gasteiger partial charge in [-0.05, 0) is 13.0 Å². The Labute approximate surface area is 55.5 Å². The van der Waals surface area contributed by atoms with Gasteiger partial charge in [0.2, 0.25) is 0 Å². The fourth-order valence-electron chi connectivity index (χ4n) is 0.679. The molecule has 0 atom stereocenters. The summed E-state index contributed by atoms with van der Waals surface area (Å²) in [6, 6.07) is 0.912. The van der Waals surface area contributed by atoms with E-state index in [0.717, 1.165) is 12.3 Å². The molecule has 0 aliphatic heterocycles. The van der Waals surface area contributed by atoms with Gasteiger partial charge < -0.3 is 4.42 Å². The van der Waals surface area contributed by atoms with Crippen molar-refractivity contribution in [1.29, 1.82) is 0 Å². The van der Waals surface area contributed by atoms with E-state index >= 15 is 0 Å². The lowest BCUT2D eigenvalue weighted by Crippen LogP contribution is -2.04. The van der Waals surface area contributed by atoms with Gasteiger partial charge >= 0.3 is 6.18 Å². The second kappa shape index (κ2) is 2.04. The van der Waals surface area contributed by atoms with Crippen molar-refractivity contribution in [3.8, 4) is 0 Å². The van der Waals surface area contributed by atoms with Crippen LogP contribution in [-0.4, -0.2) is 0 Å². The Bertz CT molecular complexity index is 223. The third-order valence-electron chi connectivity index (χ3n) is 1.16. The first-order chi connectivity index (χ1) is 4.52. The Hall–Kier alpha value is -0.930. The fraction of sp³-hybridized carbons (Fsp3) is 0.333. The summed E-state index contributed by atoms with van der Waals surface area (Å²) in [7, 11) is 0. The number of furan rings is 1. The SMILES string of the molecule is Cc1occc1C(F)(F)F. The van der Waals surface area contributed by atoms with Gasteiger partial charge in [0, 0.05) is 0 Å². The number of alkyl halides is 3. The average Bonchev–Trinajstić information content (AvgIpc) is 2.11. The third-order valence-corrected chi connectivity index (χ3v) is 1.16. The Balaban J connectivity index is 3.05. The minimum absolute atomic E-state index is 0.0903. The van der Waals surface area contributed by atoms with Crippen LogP contribution in [0.1, 0.15) is 11.3 Å². The van der Waals surface area contributed by atoms with E-state index in [1.807, 2.05) is 0 Å². The summed E-state index contributed by atoms with van der Waals surface area (Å²) >= 11 is 0. The molecule has 1 heterocycles. The Morgan fingerprint density at radius 1 is 1.40 bits per heavy atom. The van der Waals surface area contributed by atoms with Gasteiger partial charge in [0.25, 0.3) is 0 Å². The van der Waals surface area contributed by atoms with E-state index in [1.165, 1.54) is 6.92 Å². The van der Waals surface area contributed by atoms with E-state index in [4.69, 9.17) is 0 Å². The van der Waals surface area contributed by atoms with Gasteiger partial charge in [0.1, 0.15) is 5.76 Å². The molecule has 0 fully saturated rings. The molecule has 0 aliphatic rings. The second-order valence-corrected chi connectivity index (χ2v) is 1.89. The predicted molar refractivity (Wildman–Crippen MR) is 28.4 cm³/mol. The highest BCUT2D eigenvalue weighted by Gasteiger charge is 2.33. The first-order valence-corrected chi connectivity index (χ1v) is 2.63. The van der Waals surface area contributed by atoms with Crippen molar-refractivity contribution < 1.29 is 17.6 Å². The highest BCUT2D eigenvalue weighted by Crippen LogP contribution is 2.31. The van der Waals surface area contributed by atoms with Gasteiger partial charge in [-0.25, -0.2) is 0 Å². The van der Waals surface area contributed by atoms with Gasteiger partial charge in [-0.3, -0.25) is 0 Å². The zero-order valence-electron chi connectivity index (χ0n) is 5.20. The van der Waals surface area contributed by atoms with Crippen LogP contribution in [0.3, 0.4) is 0 Å². The molecule has 0 saturated heterocycles. The lowest BCUT2D eigenvalue weighted by atomic mass is 10.2. The molecule has 10 heavy (non-hydrogen) atoms. The summed E-state index contributed by atoms with van der Waals surface area (Å²) in [5.74, 6) is -0.0903. The largest absolute Gasteiger partial charge is 0.469 e. The Morgan fingerprint density at radius 3 is 2.20 bits per heavy atom. The van der Waals surface area contributed by atoms with Gasteiger partial charge in [0.15, 0.2) is 0 Å². The van der Waals surface area contributed by atoms with Crippen molar-refractivity contribution in [1.82, 2.24) is 0 Å². The summed E-state index contributed by atoms with van der Waals surface area (Å²) in [5, 5.41) is 0. The van der Waals surface area contributed by atoms with Crippen LogP contribution in [0.25, 0.3) is 0 Å². The molecule has 0 saturated carbocycles. The molecule has 56 valence electrons. The van der Waals surface area contributed by atoms with Crippen LogP contribution in [0.2, 0.25) is 0 Å². The summed E-state index contributed by atoms with van der Waals surface area (Å²) in [6.07, 6.45) is -3.25. The van der Waals surface area contributed by atoms with Crippen LogP contribution >= 0.6 is 0 Å². The maximum Gasteiger partial charge on any atom is 0.419 e. The summed E-state index contributed by atoms with van der Waals surface area (Å²) in [5.41, 5.74) is -0.701. The molecule has 1 rings (SSSR count). The van der Waals surface area contributed by atoms with Gasteiger partial charge in [-0.2, -0.15) is 13.2 Å². The molecule has 0 amide bonds. The molecule has 1 aromatic rings. The number of hydrogen-bond donors (Lipinski definition) is 0. The first kappa shape index (κ1) is 7.18. The number of halogens is 3. The molecule has 0 aromatic carbocycles. The van der Waals surface area contributed by atoms with Crippen LogP contribution in [0.15, 0.2) is 16.7 Å². The third kappa shape index (κ3) is 1.15. The maximum absolute atomic E-state index is 11.8. The molecular weight excluding hydrogens is 145 g/mol. The Kier molecular flexibility index (Phi) is 1.46. The maximum atomic E-state index is 11.8. The highest BCUT2D eigenvalue weighted by molar-refractivity contribution is 5.18. The van der Waals surface area contributed by atoms with Crippen LogP contribution in [-0.2, 0) is 6.18 Å². The zero-order valence-corrected chi connectivity index (χ0v) is 5.20. The molecule has 1 aromatic heterocycles. The zero-order chi connectivity index (χ0) is 7.78. The predicted octanol–water partition coefficient (Wildman–Crippen LogP) is 2.61. The van der Waals surface area contributed by atoms with Gasteiger partial charge in [-0.1, -0.05) is 0 Å². The number of rotatable bonds is 0. The van der Waals surface area contributed by atoms with E-state index in [2.05, 4.69) is 4.42 Å². The summed E-state index contributed by atoms with van der Waals surface area (Å²) in [4.78, 5) is 0. The average molecular weight is 150 g/mol. The minimum atomic E-state index is -4.28. The van der Waals surface area contributed by atoms with E-state index in [1.54, 1.807) is 0 Å². The van der Waals surface area contributed by atoms with E-state index in [9.17, 15) is 13.2 Å². The molecule has 0 aliphatic carbocycles. The monoisotopic (exact) mass is 150 g/mol. The molecule has 1 nitrogen and oxygen atoms in total. The van der Waals surface area contributed by atoms with Crippen molar-refractivity contribution in [2.75, 3.05) is 0 Å². The van der Waals surface area contributed by atoms with Crippen LogP contribution in [0.5, 0.6) is 0 Å². The molecule has 0 radical (unpaired) electrons. The number of aryl methyl sites for hydroxylation is 1. The quantitative estimate of drug-likeness (QED) is 0.554. The van der Waals surface area contributed by atoms with Crippen molar-refractivity contribution in [2.45, 2.75) is 13.1 Å². The smallest absolute Gasteiger partial charge is 0.419 e. The van der Waals surface area contributed by atoms with Gasteiger partial charge in [-0.15, -0.1) is 0 Å². The Morgan fingerprint density at radius 2 is 2.00 bits per heavy atom. The molecular formula is C6H5F3O. The van der Waals surface area contributed by atoms with Crippen molar-refractivity contribution in [3.05, 3.63) is 23.7 Å². The van der Waals surface area contributed by atoms with Crippen LogP contribution in [0.4, 0.5) is 13.2 Å². The van der Waals surface area contributed by atoms with Crippen molar-refractivity contribution in [3.63, 3.8) is 0 Å². The van der Waals surface area contributed by atoms with Crippen molar-refractivity contribution >= 4 is 0 Å². The van der Waals surface area contributed by atoms with Crippen LogP contribution in [0, 0.1) is 6.92 Å². The molecule has 4 heteroatoms. The summed E-state index contributed by atoms with van der Waals surface area (Å²) in [6.45, 7) is 1.28. The lowest BCUT2D eigenvalue weighted by molar-refractivity contribution is -0.138. The number of hydrogen-bond acceptors (Lipinski definition) is 1. The fourth-order valence-corrected chi connectivity index (χ4v) is 0.679. The van der Waals surface area contributed by atoms with Crippen molar-refractivity contribution in [2.24, 2.45) is 0 Å². The molecule has 0 unspecified atom stereocenters. The lowest BCUT2D eigenvalue weighted by Gasteiger charge is -2.02.